The van der Waals surface area contributed by atoms with Crippen molar-refractivity contribution in [2.24, 2.45) is 0 Å². The molecule has 0 radical (unpaired) electrons. The minimum atomic E-state index is -0.794. The molecule has 0 spiro atoms. The highest BCUT2D eigenvalue weighted by Crippen LogP contribution is 2.28. The molecule has 2 fully saturated rings. The lowest BCUT2D eigenvalue weighted by atomic mass is 10.1. The summed E-state index contributed by atoms with van der Waals surface area (Å²) in [6.45, 7) is 8.23. The molecular weight excluding hydrogens is 486 g/mol. The molecule has 1 aromatic heterocycles. The molecule has 0 N–H and O–H groups in total. The fourth-order valence-electron chi connectivity index (χ4n) is 4.70. The highest BCUT2D eigenvalue weighted by atomic mass is 35.5. The van der Waals surface area contributed by atoms with Crippen LogP contribution in [0.5, 0.6) is 0 Å². The van der Waals surface area contributed by atoms with Crippen LogP contribution in [0.2, 0.25) is 5.02 Å². The van der Waals surface area contributed by atoms with E-state index < -0.39 is 23.6 Å². The third-order valence-corrected chi connectivity index (χ3v) is 6.66. The van der Waals surface area contributed by atoms with Gasteiger partial charge < -0.3 is 9.64 Å². The van der Waals surface area contributed by atoms with Crippen LogP contribution in [0.25, 0.3) is 5.69 Å². The van der Waals surface area contributed by atoms with Crippen molar-refractivity contribution >= 4 is 29.6 Å². The Hall–Kier alpha value is -3.21. The summed E-state index contributed by atoms with van der Waals surface area (Å²) in [5, 5.41) is 11.8. The van der Waals surface area contributed by atoms with E-state index in [1.807, 2.05) is 6.92 Å². The summed E-state index contributed by atoms with van der Waals surface area (Å²) < 4.78 is 7.00. The zero-order valence-corrected chi connectivity index (χ0v) is 21.8. The monoisotopic (exact) mass is 517 g/mol. The van der Waals surface area contributed by atoms with Crippen molar-refractivity contribution in [3.05, 3.63) is 35.1 Å². The quantitative estimate of drug-likeness (QED) is 0.608. The first-order valence-corrected chi connectivity index (χ1v) is 12.6. The van der Waals surface area contributed by atoms with Gasteiger partial charge in [-0.15, -0.1) is 5.10 Å². The molecule has 36 heavy (non-hydrogen) atoms. The van der Waals surface area contributed by atoms with Gasteiger partial charge in [-0.2, -0.15) is 0 Å². The smallest absolute Gasteiger partial charge is 0.410 e. The van der Waals surface area contributed by atoms with Crippen molar-refractivity contribution < 1.29 is 19.1 Å². The maximum absolute atomic E-state index is 14.0. The number of carbonyl (C=O) groups is 3. The van der Waals surface area contributed by atoms with Crippen molar-refractivity contribution in [2.45, 2.75) is 77.6 Å². The molecule has 4 amide bonds. The normalized spacial score (nSPS) is 20.0. The maximum atomic E-state index is 14.0. The number of carbonyl (C=O) groups excluding carboxylic acids is 3. The van der Waals surface area contributed by atoms with Crippen LogP contribution in [0.1, 0.15) is 58.9 Å². The van der Waals surface area contributed by atoms with Crippen LogP contribution >= 0.6 is 11.6 Å². The largest absolute Gasteiger partial charge is 0.444 e. The fraction of sp³-hybridized carbons (Fsp3) is 0.583. The Bertz CT molecular complexity index is 1120. The number of amides is 4. The van der Waals surface area contributed by atoms with E-state index in [4.69, 9.17) is 16.3 Å². The number of halogens is 1. The number of hydrogen-bond donors (Lipinski definition) is 0. The maximum Gasteiger partial charge on any atom is 0.410 e. The summed E-state index contributed by atoms with van der Waals surface area (Å²) >= 11 is 6.30. The first kappa shape index (κ1) is 25.9. The molecule has 0 aliphatic carbocycles. The molecule has 11 nitrogen and oxygen atoms in total. The van der Waals surface area contributed by atoms with E-state index in [1.54, 1.807) is 43.9 Å². The van der Waals surface area contributed by atoms with Gasteiger partial charge in [-0.05, 0) is 87.6 Å². The molecule has 2 atom stereocenters. The lowest BCUT2D eigenvalue weighted by molar-refractivity contribution is -0.134. The second kappa shape index (κ2) is 10.4. The van der Waals surface area contributed by atoms with Crippen LogP contribution in [-0.4, -0.2) is 83.7 Å². The van der Waals surface area contributed by atoms with Gasteiger partial charge >= 0.3 is 12.1 Å². The number of benzene rings is 1. The van der Waals surface area contributed by atoms with Crippen LogP contribution in [0, 0.1) is 0 Å². The minimum absolute atomic E-state index is 0.0108. The van der Waals surface area contributed by atoms with Crippen molar-refractivity contribution in [3.63, 3.8) is 0 Å². The van der Waals surface area contributed by atoms with Gasteiger partial charge in [0.25, 0.3) is 5.91 Å². The Morgan fingerprint density at radius 2 is 1.86 bits per heavy atom. The molecular formula is C24H32ClN7O4. The predicted molar refractivity (Wildman–Crippen MR) is 131 cm³/mol. The first-order valence-electron chi connectivity index (χ1n) is 12.2. The molecule has 194 valence electrons. The molecule has 4 rings (SSSR count). The first-order chi connectivity index (χ1) is 17.0. The summed E-state index contributed by atoms with van der Waals surface area (Å²) in [5.41, 5.74) is 0.500. The predicted octanol–water partition coefficient (Wildman–Crippen LogP) is 3.65. The minimum Gasteiger partial charge on any atom is -0.444 e. The molecule has 0 unspecified atom stereocenters. The standard InChI is InChI=1S/C24H32ClN7O4/c1-16-7-5-11-29(16)22(34)31(14-17-13-18(25)9-10-19(17)32-15-26-27-28-32)21(33)20-8-6-12-30(20)23(35)36-24(2,3)4/h9-10,13,15-16,20H,5-8,11-12,14H2,1-4H3/t16-,20-/m1/s1. The molecule has 3 heterocycles. The molecule has 0 bridgehead atoms. The number of ether oxygens (including phenoxy) is 1. The number of aromatic nitrogens is 4. The SMILES string of the molecule is C[C@@H]1CCCN1C(=O)N(Cc1cc(Cl)ccc1-n1cnnn1)C(=O)[C@H]1CCCN1C(=O)OC(C)(C)C. The van der Waals surface area contributed by atoms with Crippen molar-refractivity contribution in [2.75, 3.05) is 13.1 Å². The van der Waals surface area contributed by atoms with Gasteiger partial charge in [-0.25, -0.2) is 14.3 Å². The second-order valence-corrected chi connectivity index (χ2v) is 10.7. The van der Waals surface area contributed by atoms with Crippen molar-refractivity contribution in [1.82, 2.24) is 34.9 Å². The van der Waals surface area contributed by atoms with E-state index in [-0.39, 0.29) is 18.6 Å². The van der Waals surface area contributed by atoms with E-state index in [2.05, 4.69) is 15.5 Å². The summed E-state index contributed by atoms with van der Waals surface area (Å²) in [6, 6.07) is 3.96. The van der Waals surface area contributed by atoms with E-state index >= 15 is 0 Å². The van der Waals surface area contributed by atoms with Crippen LogP contribution < -0.4 is 0 Å². The highest BCUT2D eigenvalue weighted by molar-refractivity contribution is 6.30. The Balaban J connectivity index is 1.67. The Morgan fingerprint density at radius 3 is 2.50 bits per heavy atom. The van der Waals surface area contributed by atoms with Gasteiger partial charge in [-0.1, -0.05) is 11.6 Å². The van der Waals surface area contributed by atoms with E-state index in [0.717, 1.165) is 12.8 Å². The summed E-state index contributed by atoms with van der Waals surface area (Å²) in [7, 11) is 0. The number of imide groups is 1. The molecule has 2 saturated heterocycles. The van der Waals surface area contributed by atoms with Gasteiger partial charge in [0.15, 0.2) is 0 Å². The third-order valence-electron chi connectivity index (χ3n) is 6.43. The number of likely N-dealkylation sites (tertiary alicyclic amines) is 2. The van der Waals surface area contributed by atoms with Crippen LogP contribution in [-0.2, 0) is 16.1 Å². The highest BCUT2D eigenvalue weighted by Gasteiger charge is 2.42. The summed E-state index contributed by atoms with van der Waals surface area (Å²) in [6.07, 6.45) is 3.71. The molecule has 0 saturated carbocycles. The summed E-state index contributed by atoms with van der Waals surface area (Å²) in [5.74, 6) is -0.440. The van der Waals surface area contributed by atoms with Crippen LogP contribution in [0.3, 0.4) is 0 Å². The Morgan fingerprint density at radius 1 is 1.14 bits per heavy atom. The summed E-state index contributed by atoms with van der Waals surface area (Å²) in [4.78, 5) is 45.0. The number of tetrazole rings is 1. The molecule has 12 heteroatoms. The van der Waals surface area contributed by atoms with Crippen molar-refractivity contribution in [3.8, 4) is 5.69 Å². The fourth-order valence-corrected chi connectivity index (χ4v) is 4.90. The molecule has 2 aromatic rings. The van der Waals surface area contributed by atoms with Crippen LogP contribution in [0.15, 0.2) is 24.5 Å². The Labute approximate surface area is 215 Å². The van der Waals surface area contributed by atoms with Gasteiger partial charge in [-0.3, -0.25) is 14.6 Å². The topological polar surface area (TPSA) is 114 Å². The molecule has 2 aliphatic heterocycles. The number of urea groups is 1. The zero-order valence-electron chi connectivity index (χ0n) is 21.1. The Kier molecular flexibility index (Phi) is 7.49. The molecule has 1 aromatic carbocycles. The molecule has 2 aliphatic rings. The number of rotatable bonds is 4. The van der Waals surface area contributed by atoms with Gasteiger partial charge in [0.2, 0.25) is 0 Å². The van der Waals surface area contributed by atoms with Gasteiger partial charge in [0.05, 0.1) is 12.2 Å². The number of nitrogens with zero attached hydrogens (tertiary/aromatic N) is 7. The van der Waals surface area contributed by atoms with E-state index in [9.17, 15) is 14.4 Å². The van der Waals surface area contributed by atoms with Gasteiger partial charge in [0.1, 0.15) is 18.0 Å². The van der Waals surface area contributed by atoms with Gasteiger partial charge in [0, 0.05) is 24.2 Å². The lowest BCUT2D eigenvalue weighted by Gasteiger charge is -2.34. The van der Waals surface area contributed by atoms with E-state index in [0.29, 0.717) is 42.2 Å². The van der Waals surface area contributed by atoms with Crippen molar-refractivity contribution in [1.29, 1.82) is 0 Å². The third kappa shape index (κ3) is 5.61. The zero-order chi connectivity index (χ0) is 26.0. The second-order valence-electron chi connectivity index (χ2n) is 10.3. The average Bonchev–Trinajstić information content (AvgIpc) is 3.57. The average molecular weight is 518 g/mol. The van der Waals surface area contributed by atoms with E-state index in [1.165, 1.54) is 20.8 Å². The lowest BCUT2D eigenvalue weighted by Crippen LogP contribution is -2.54. The number of hydrogen-bond acceptors (Lipinski definition) is 7. The van der Waals surface area contributed by atoms with Crippen LogP contribution in [0.4, 0.5) is 9.59 Å².